The Morgan fingerprint density at radius 2 is 2.07 bits per heavy atom. The molecule has 3 aromatic heterocycles. The monoisotopic (exact) mass is 378 g/mol. The third-order valence-corrected chi connectivity index (χ3v) is 4.89. The van der Waals surface area contributed by atoms with Crippen LogP contribution in [0.25, 0.3) is 10.9 Å². The van der Waals surface area contributed by atoms with Gasteiger partial charge < -0.3 is 10.6 Å². The molecule has 0 unspecified atom stereocenters. The molecule has 1 aromatic carbocycles. The Morgan fingerprint density at radius 3 is 2.93 bits per heavy atom. The Hall–Kier alpha value is -3.49. The Kier molecular flexibility index (Phi) is 3.92. The Morgan fingerprint density at radius 1 is 1.18 bits per heavy atom. The van der Waals surface area contributed by atoms with E-state index in [0.29, 0.717) is 23.2 Å². The van der Waals surface area contributed by atoms with E-state index in [1.165, 1.54) is 25.0 Å². The van der Waals surface area contributed by atoms with Crippen LogP contribution in [0.3, 0.4) is 0 Å². The zero-order valence-corrected chi connectivity index (χ0v) is 15.2. The highest BCUT2D eigenvalue weighted by Crippen LogP contribution is 2.39. The van der Waals surface area contributed by atoms with Gasteiger partial charge in [0, 0.05) is 29.3 Å². The Balaban J connectivity index is 1.34. The number of nitrogens with one attached hydrogen (secondary N) is 4. The molecule has 4 aromatic rings. The number of rotatable bonds is 6. The van der Waals surface area contributed by atoms with Gasteiger partial charge in [0.1, 0.15) is 11.6 Å². The highest BCUT2D eigenvalue weighted by atomic mass is 19.1. The fourth-order valence-electron chi connectivity index (χ4n) is 3.30. The number of aromatic nitrogens is 6. The standard InChI is InChI=1S/C19H19FN8/c1-10(13-6-12(20)7-16-14(13)9-22-26-16)23-19-21-5-4-17(25-19)24-18-8-15(27-28-18)11-2-3-11/h4-11H,2-3H2,1H3,(H,22,26)(H3,21,23,24,25,27,28)/t10-/m0/s1. The van der Waals surface area contributed by atoms with E-state index in [0.717, 1.165) is 22.5 Å². The molecular weight excluding hydrogens is 359 g/mol. The highest BCUT2D eigenvalue weighted by molar-refractivity contribution is 5.82. The van der Waals surface area contributed by atoms with Gasteiger partial charge in [-0.3, -0.25) is 10.2 Å². The summed E-state index contributed by atoms with van der Waals surface area (Å²) in [6.45, 7) is 1.93. The van der Waals surface area contributed by atoms with Crippen LogP contribution in [0.4, 0.5) is 22.0 Å². The molecule has 142 valence electrons. The van der Waals surface area contributed by atoms with Crippen molar-refractivity contribution in [3.63, 3.8) is 0 Å². The van der Waals surface area contributed by atoms with E-state index >= 15 is 0 Å². The van der Waals surface area contributed by atoms with Gasteiger partial charge in [0.2, 0.25) is 5.95 Å². The molecule has 5 rings (SSSR count). The first-order chi connectivity index (χ1) is 13.7. The summed E-state index contributed by atoms with van der Waals surface area (Å²) < 4.78 is 13.9. The van der Waals surface area contributed by atoms with Gasteiger partial charge in [-0.15, -0.1) is 0 Å². The minimum atomic E-state index is -0.318. The number of fused-ring (bicyclic) bond motifs is 1. The number of anilines is 3. The summed E-state index contributed by atoms with van der Waals surface area (Å²) in [5.74, 6) is 2.09. The van der Waals surface area contributed by atoms with Crippen LogP contribution in [-0.2, 0) is 0 Å². The van der Waals surface area contributed by atoms with Crippen molar-refractivity contribution >= 4 is 28.5 Å². The maximum atomic E-state index is 13.9. The zero-order valence-electron chi connectivity index (χ0n) is 15.2. The summed E-state index contributed by atoms with van der Waals surface area (Å²) in [7, 11) is 0. The number of nitrogens with zero attached hydrogens (tertiary/aromatic N) is 4. The van der Waals surface area contributed by atoms with Gasteiger partial charge in [-0.05, 0) is 43.5 Å². The largest absolute Gasteiger partial charge is 0.348 e. The lowest BCUT2D eigenvalue weighted by Crippen LogP contribution is -2.10. The van der Waals surface area contributed by atoms with Crippen LogP contribution in [0.15, 0.2) is 36.7 Å². The molecule has 1 fully saturated rings. The summed E-state index contributed by atoms with van der Waals surface area (Å²) in [5, 5.41) is 21.4. The molecule has 0 saturated heterocycles. The molecule has 0 aliphatic heterocycles. The molecule has 0 radical (unpaired) electrons. The second-order valence-corrected chi connectivity index (χ2v) is 7.07. The van der Waals surface area contributed by atoms with Gasteiger partial charge in [-0.25, -0.2) is 9.37 Å². The van der Waals surface area contributed by atoms with E-state index in [-0.39, 0.29) is 11.9 Å². The predicted molar refractivity (Wildman–Crippen MR) is 104 cm³/mol. The smallest absolute Gasteiger partial charge is 0.225 e. The normalized spacial score (nSPS) is 14.9. The number of benzene rings is 1. The molecule has 3 heterocycles. The maximum Gasteiger partial charge on any atom is 0.225 e. The number of H-pyrrole nitrogens is 2. The Labute approximate surface area is 160 Å². The van der Waals surface area contributed by atoms with Crippen molar-refractivity contribution in [3.05, 3.63) is 53.7 Å². The summed E-state index contributed by atoms with van der Waals surface area (Å²) in [5.41, 5.74) is 2.59. The minimum Gasteiger partial charge on any atom is -0.348 e. The minimum absolute atomic E-state index is 0.210. The summed E-state index contributed by atoms with van der Waals surface area (Å²) in [6, 6.07) is 6.51. The molecule has 1 atom stereocenters. The van der Waals surface area contributed by atoms with Crippen molar-refractivity contribution in [2.45, 2.75) is 31.7 Å². The molecule has 9 heteroatoms. The fraction of sp³-hybridized carbons (Fsp3) is 0.263. The van der Waals surface area contributed by atoms with Crippen LogP contribution < -0.4 is 10.6 Å². The van der Waals surface area contributed by atoms with Gasteiger partial charge >= 0.3 is 0 Å². The third-order valence-electron chi connectivity index (χ3n) is 4.89. The summed E-state index contributed by atoms with van der Waals surface area (Å²) >= 11 is 0. The first kappa shape index (κ1) is 16.7. The molecule has 0 amide bonds. The van der Waals surface area contributed by atoms with Crippen LogP contribution in [-0.4, -0.2) is 30.4 Å². The topological polar surface area (TPSA) is 107 Å². The maximum absolute atomic E-state index is 13.9. The van der Waals surface area contributed by atoms with E-state index in [9.17, 15) is 4.39 Å². The summed E-state index contributed by atoms with van der Waals surface area (Å²) in [4.78, 5) is 8.76. The zero-order chi connectivity index (χ0) is 19.1. The summed E-state index contributed by atoms with van der Waals surface area (Å²) in [6.07, 6.45) is 5.78. The van der Waals surface area contributed by atoms with Crippen molar-refractivity contribution < 1.29 is 4.39 Å². The molecule has 1 saturated carbocycles. The van der Waals surface area contributed by atoms with Gasteiger partial charge in [-0.2, -0.15) is 15.2 Å². The highest BCUT2D eigenvalue weighted by Gasteiger charge is 2.25. The molecule has 1 aliphatic carbocycles. The third kappa shape index (κ3) is 3.26. The van der Waals surface area contributed by atoms with Crippen molar-refractivity contribution in [1.29, 1.82) is 0 Å². The SMILES string of the molecule is C[C@H](Nc1nccc(Nc2cc(C3CC3)[nH]n2)n1)c1cc(F)cc2[nH]ncc12. The van der Waals surface area contributed by atoms with Gasteiger partial charge in [0.25, 0.3) is 0 Å². The lowest BCUT2D eigenvalue weighted by Gasteiger charge is -2.15. The first-order valence-corrected chi connectivity index (χ1v) is 9.20. The average molecular weight is 378 g/mol. The average Bonchev–Trinajstić information content (AvgIpc) is 3.24. The van der Waals surface area contributed by atoms with Crippen LogP contribution in [0, 0.1) is 5.82 Å². The van der Waals surface area contributed by atoms with E-state index in [2.05, 4.69) is 41.0 Å². The van der Waals surface area contributed by atoms with Crippen molar-refractivity contribution in [1.82, 2.24) is 30.4 Å². The van der Waals surface area contributed by atoms with Crippen molar-refractivity contribution in [3.8, 4) is 0 Å². The van der Waals surface area contributed by atoms with Crippen LogP contribution in [0.1, 0.15) is 43.0 Å². The predicted octanol–water partition coefficient (Wildman–Crippen LogP) is 4.01. The lowest BCUT2D eigenvalue weighted by molar-refractivity contribution is 0.625. The second-order valence-electron chi connectivity index (χ2n) is 7.07. The van der Waals surface area contributed by atoms with Gasteiger partial charge in [0.05, 0.1) is 17.8 Å². The first-order valence-electron chi connectivity index (χ1n) is 9.20. The molecule has 28 heavy (non-hydrogen) atoms. The van der Waals surface area contributed by atoms with Crippen molar-refractivity contribution in [2.24, 2.45) is 0 Å². The molecule has 1 aliphatic rings. The second kappa shape index (κ2) is 6.59. The van der Waals surface area contributed by atoms with E-state index in [1.807, 2.05) is 13.0 Å². The van der Waals surface area contributed by atoms with Crippen molar-refractivity contribution in [2.75, 3.05) is 10.6 Å². The van der Waals surface area contributed by atoms with Crippen LogP contribution in [0.2, 0.25) is 0 Å². The number of hydrogen-bond donors (Lipinski definition) is 4. The van der Waals surface area contributed by atoms with E-state index < -0.39 is 0 Å². The van der Waals surface area contributed by atoms with E-state index in [4.69, 9.17) is 0 Å². The van der Waals surface area contributed by atoms with Gasteiger partial charge in [0.15, 0.2) is 5.82 Å². The molecule has 4 N–H and O–H groups in total. The van der Waals surface area contributed by atoms with Gasteiger partial charge in [-0.1, -0.05) is 0 Å². The molecular formula is C19H19FN8. The Bertz CT molecular complexity index is 1130. The van der Waals surface area contributed by atoms with Crippen LogP contribution >= 0.6 is 0 Å². The molecule has 0 spiro atoms. The molecule has 0 bridgehead atoms. The number of aromatic amines is 2. The van der Waals surface area contributed by atoms with E-state index in [1.54, 1.807) is 18.5 Å². The number of hydrogen-bond acceptors (Lipinski definition) is 6. The van der Waals surface area contributed by atoms with Crippen LogP contribution in [0.5, 0.6) is 0 Å². The lowest BCUT2D eigenvalue weighted by atomic mass is 10.0. The fourth-order valence-corrected chi connectivity index (χ4v) is 3.30. The quantitative estimate of drug-likeness (QED) is 0.404. The number of halogens is 1. The molecule has 8 nitrogen and oxygen atoms in total.